The first-order valence-electron chi connectivity index (χ1n) is 7.69. The summed E-state index contributed by atoms with van der Waals surface area (Å²) in [6.07, 6.45) is -2.66. The summed E-state index contributed by atoms with van der Waals surface area (Å²) in [4.78, 5) is 11.6. The number of Topliss-reactive ketones (excluding diaryl/α,β-unsaturated/α-hetero) is 1. The molecule has 0 spiro atoms. The molecule has 0 radical (unpaired) electrons. The van der Waals surface area contributed by atoms with Crippen LogP contribution in [-0.4, -0.2) is 34.7 Å². The maximum absolute atomic E-state index is 11.6. The maximum atomic E-state index is 11.6. The summed E-state index contributed by atoms with van der Waals surface area (Å²) >= 11 is 0. The minimum atomic E-state index is -1.46. The molecule has 2 rings (SSSR count). The molecule has 0 saturated carbocycles. The Morgan fingerprint density at radius 1 is 1.00 bits per heavy atom. The molecule has 0 heterocycles. The van der Waals surface area contributed by atoms with Crippen LogP contribution in [0.1, 0.15) is 6.92 Å². The topological polar surface area (TPSA) is 81.6 Å². The zero-order valence-electron chi connectivity index (χ0n) is 13.6. The smallest absolute Gasteiger partial charge is 0.189 e. The van der Waals surface area contributed by atoms with Gasteiger partial charge in [-0.25, -0.2) is 0 Å². The zero-order valence-corrected chi connectivity index (χ0v) is 13.6. The Balaban J connectivity index is 1.87. The van der Waals surface area contributed by atoms with Gasteiger partial charge in [0, 0.05) is 23.6 Å². The minimum Gasteiger partial charge on any atom is -0.388 e. The van der Waals surface area contributed by atoms with Gasteiger partial charge in [-0.2, -0.15) is 0 Å². The number of aliphatic hydroxyl groups is 2. The van der Waals surface area contributed by atoms with Crippen molar-refractivity contribution in [3.8, 4) is 0 Å². The standard InChI is InChI=1S/C19H22N2O3/c1-13(2)18(23)19(24)17(22)12-20-14-8-10-16(11-9-14)21-15-6-4-3-5-7-15/h3-11,17,19-22,24H,1,12H2,2H3. The molecule has 0 fully saturated rings. The third-order valence-electron chi connectivity index (χ3n) is 3.52. The summed E-state index contributed by atoms with van der Waals surface area (Å²) in [7, 11) is 0. The van der Waals surface area contributed by atoms with Crippen LogP contribution >= 0.6 is 0 Å². The molecule has 0 aliphatic carbocycles. The number of para-hydroxylation sites is 1. The Bertz CT molecular complexity index is 684. The molecule has 0 aliphatic rings. The van der Waals surface area contributed by atoms with Crippen molar-refractivity contribution in [3.63, 3.8) is 0 Å². The lowest BCUT2D eigenvalue weighted by Crippen LogP contribution is -2.38. The second-order valence-electron chi connectivity index (χ2n) is 5.61. The average molecular weight is 326 g/mol. The van der Waals surface area contributed by atoms with Crippen molar-refractivity contribution < 1.29 is 15.0 Å². The van der Waals surface area contributed by atoms with Crippen molar-refractivity contribution in [2.45, 2.75) is 19.1 Å². The second-order valence-corrected chi connectivity index (χ2v) is 5.61. The number of hydrogen-bond donors (Lipinski definition) is 4. The summed E-state index contributed by atoms with van der Waals surface area (Å²) < 4.78 is 0. The molecular weight excluding hydrogens is 304 g/mol. The van der Waals surface area contributed by atoms with E-state index in [2.05, 4.69) is 17.2 Å². The first kappa shape index (κ1) is 17.7. The van der Waals surface area contributed by atoms with Crippen molar-refractivity contribution in [3.05, 3.63) is 66.7 Å². The first-order valence-corrected chi connectivity index (χ1v) is 7.69. The van der Waals surface area contributed by atoms with Crippen LogP contribution in [0.3, 0.4) is 0 Å². The second kappa shape index (κ2) is 8.29. The number of ketones is 1. The van der Waals surface area contributed by atoms with Gasteiger partial charge in [-0.3, -0.25) is 4.79 Å². The van der Waals surface area contributed by atoms with E-state index < -0.39 is 18.0 Å². The first-order chi connectivity index (χ1) is 11.5. The van der Waals surface area contributed by atoms with Gasteiger partial charge in [0.1, 0.15) is 12.2 Å². The van der Waals surface area contributed by atoms with E-state index in [1.807, 2.05) is 54.6 Å². The molecule has 2 aromatic rings. The van der Waals surface area contributed by atoms with Crippen LogP contribution in [0.2, 0.25) is 0 Å². The number of benzene rings is 2. The number of nitrogens with one attached hydrogen (secondary N) is 2. The Morgan fingerprint density at radius 2 is 1.54 bits per heavy atom. The SMILES string of the molecule is C=C(C)C(=O)C(O)C(O)CNc1ccc(Nc2ccccc2)cc1. The molecule has 0 bridgehead atoms. The van der Waals surface area contributed by atoms with Gasteiger partial charge in [-0.15, -0.1) is 0 Å². The van der Waals surface area contributed by atoms with Crippen molar-refractivity contribution >= 4 is 22.8 Å². The Labute approximate surface area is 141 Å². The zero-order chi connectivity index (χ0) is 17.5. The van der Waals surface area contributed by atoms with E-state index in [4.69, 9.17) is 0 Å². The molecule has 0 aliphatic heterocycles. The van der Waals surface area contributed by atoms with Crippen LogP contribution in [0.15, 0.2) is 66.7 Å². The molecule has 4 N–H and O–H groups in total. The third kappa shape index (κ3) is 4.94. The lowest BCUT2D eigenvalue weighted by atomic mass is 10.0. The Morgan fingerprint density at radius 3 is 2.12 bits per heavy atom. The molecule has 0 amide bonds. The fourth-order valence-electron chi connectivity index (χ4n) is 2.12. The minimum absolute atomic E-state index is 0.0612. The monoisotopic (exact) mass is 326 g/mol. The van der Waals surface area contributed by atoms with Crippen molar-refractivity contribution in [1.29, 1.82) is 0 Å². The van der Waals surface area contributed by atoms with Crippen LogP contribution < -0.4 is 10.6 Å². The highest BCUT2D eigenvalue weighted by molar-refractivity contribution is 5.97. The van der Waals surface area contributed by atoms with E-state index in [0.29, 0.717) is 0 Å². The lowest BCUT2D eigenvalue weighted by molar-refractivity contribution is -0.128. The lowest BCUT2D eigenvalue weighted by Gasteiger charge is -2.18. The summed E-state index contributed by atoms with van der Waals surface area (Å²) in [5.74, 6) is -0.549. The maximum Gasteiger partial charge on any atom is 0.189 e. The molecule has 2 unspecified atom stereocenters. The van der Waals surface area contributed by atoms with Gasteiger partial charge in [0.2, 0.25) is 0 Å². The molecular formula is C19H22N2O3. The number of rotatable bonds is 8. The number of aliphatic hydroxyl groups excluding tert-OH is 2. The molecule has 0 saturated heterocycles. The predicted octanol–water partition coefficient (Wildman–Crippen LogP) is 2.71. The number of carbonyl (C=O) groups excluding carboxylic acids is 1. The van der Waals surface area contributed by atoms with Gasteiger partial charge in [0.05, 0.1) is 0 Å². The van der Waals surface area contributed by atoms with E-state index in [0.717, 1.165) is 17.1 Å². The molecule has 24 heavy (non-hydrogen) atoms. The van der Waals surface area contributed by atoms with E-state index >= 15 is 0 Å². The molecule has 126 valence electrons. The van der Waals surface area contributed by atoms with Crippen LogP contribution in [0, 0.1) is 0 Å². The van der Waals surface area contributed by atoms with E-state index in [1.54, 1.807) is 0 Å². The van der Waals surface area contributed by atoms with Gasteiger partial charge >= 0.3 is 0 Å². The largest absolute Gasteiger partial charge is 0.388 e. The highest BCUT2D eigenvalue weighted by Crippen LogP contribution is 2.18. The van der Waals surface area contributed by atoms with E-state index in [9.17, 15) is 15.0 Å². The molecule has 5 heteroatoms. The number of carbonyl (C=O) groups is 1. The number of anilines is 3. The van der Waals surface area contributed by atoms with Crippen LogP contribution in [0.4, 0.5) is 17.1 Å². The fourth-order valence-corrected chi connectivity index (χ4v) is 2.12. The van der Waals surface area contributed by atoms with Gasteiger partial charge in [0.15, 0.2) is 5.78 Å². The van der Waals surface area contributed by atoms with Gasteiger partial charge in [0.25, 0.3) is 0 Å². The van der Waals surface area contributed by atoms with E-state index in [-0.39, 0.29) is 12.1 Å². The van der Waals surface area contributed by atoms with Crippen LogP contribution in [-0.2, 0) is 4.79 Å². The summed E-state index contributed by atoms with van der Waals surface area (Å²) in [5, 5.41) is 25.9. The van der Waals surface area contributed by atoms with Gasteiger partial charge < -0.3 is 20.8 Å². The quantitative estimate of drug-likeness (QED) is 0.561. The molecule has 0 aromatic heterocycles. The highest BCUT2D eigenvalue weighted by Gasteiger charge is 2.24. The van der Waals surface area contributed by atoms with Crippen molar-refractivity contribution in [2.24, 2.45) is 0 Å². The molecule has 5 nitrogen and oxygen atoms in total. The Kier molecular flexibility index (Phi) is 6.12. The van der Waals surface area contributed by atoms with Crippen LogP contribution in [0.5, 0.6) is 0 Å². The summed E-state index contributed by atoms with van der Waals surface area (Å²) in [6.45, 7) is 5.04. The fraction of sp³-hybridized carbons (Fsp3) is 0.211. The average Bonchev–Trinajstić information content (AvgIpc) is 2.60. The molecule has 2 aromatic carbocycles. The predicted molar refractivity (Wildman–Crippen MR) is 96.5 cm³/mol. The summed E-state index contributed by atoms with van der Waals surface area (Å²) in [5.41, 5.74) is 2.93. The molecule has 2 atom stereocenters. The van der Waals surface area contributed by atoms with Crippen LogP contribution in [0.25, 0.3) is 0 Å². The normalized spacial score (nSPS) is 13.0. The highest BCUT2D eigenvalue weighted by atomic mass is 16.3. The van der Waals surface area contributed by atoms with E-state index in [1.165, 1.54) is 6.92 Å². The summed E-state index contributed by atoms with van der Waals surface area (Å²) in [6, 6.07) is 17.3. The number of hydrogen-bond acceptors (Lipinski definition) is 5. The van der Waals surface area contributed by atoms with Crippen molar-refractivity contribution in [1.82, 2.24) is 0 Å². The van der Waals surface area contributed by atoms with Gasteiger partial charge in [-0.1, -0.05) is 24.8 Å². The van der Waals surface area contributed by atoms with Crippen molar-refractivity contribution in [2.75, 3.05) is 17.2 Å². The Hall–Kier alpha value is -2.63. The van der Waals surface area contributed by atoms with Gasteiger partial charge in [-0.05, 0) is 48.9 Å². The third-order valence-corrected chi connectivity index (χ3v) is 3.52.